The predicted octanol–water partition coefficient (Wildman–Crippen LogP) is 4.85. The second kappa shape index (κ2) is 5.14. The summed E-state index contributed by atoms with van der Waals surface area (Å²) >= 11 is 8.51. The molecule has 2 aromatic rings. The van der Waals surface area contributed by atoms with Crippen molar-refractivity contribution >= 4 is 43.2 Å². The molecule has 1 aromatic carbocycles. The number of hydrogen-bond acceptors (Lipinski definition) is 2. The smallest absolute Gasteiger partial charge is 0.122 e. The van der Waals surface area contributed by atoms with Crippen LogP contribution in [0.3, 0.4) is 0 Å². The molecule has 78 valence electrons. The summed E-state index contributed by atoms with van der Waals surface area (Å²) in [4.78, 5) is 1.21. The molecule has 0 aliphatic rings. The fraction of sp³-hybridized carbons (Fsp3) is 0.0909. The molecule has 0 spiro atoms. The van der Waals surface area contributed by atoms with Gasteiger partial charge in [-0.05, 0) is 40.2 Å². The molecule has 0 saturated carbocycles. The maximum atomic E-state index is 5.65. The Balaban J connectivity index is 1.99. The molecule has 0 saturated heterocycles. The molecule has 0 amide bonds. The van der Waals surface area contributed by atoms with E-state index in [4.69, 9.17) is 4.74 Å². The van der Waals surface area contributed by atoms with Crippen molar-refractivity contribution in [3.63, 3.8) is 0 Å². The first-order chi connectivity index (χ1) is 7.24. The normalized spacial score (nSPS) is 10.3. The Kier molecular flexibility index (Phi) is 3.83. The third kappa shape index (κ3) is 3.33. The zero-order chi connectivity index (χ0) is 10.7. The second-order valence-electron chi connectivity index (χ2n) is 2.98. The number of thiophene rings is 1. The van der Waals surface area contributed by atoms with Gasteiger partial charge >= 0.3 is 0 Å². The monoisotopic (exact) mass is 346 g/mol. The third-order valence-corrected chi connectivity index (χ3v) is 3.96. The first kappa shape index (κ1) is 11.2. The van der Waals surface area contributed by atoms with Gasteiger partial charge in [-0.25, -0.2) is 0 Å². The Morgan fingerprint density at radius 3 is 2.67 bits per heavy atom. The van der Waals surface area contributed by atoms with Crippen molar-refractivity contribution in [3.05, 3.63) is 49.5 Å². The lowest BCUT2D eigenvalue weighted by molar-refractivity contribution is 0.309. The Hall–Kier alpha value is -0.320. The molecular formula is C11H8Br2OS. The van der Waals surface area contributed by atoms with Gasteiger partial charge in [-0.1, -0.05) is 22.0 Å². The molecule has 0 fully saturated rings. The van der Waals surface area contributed by atoms with Gasteiger partial charge in [0.2, 0.25) is 0 Å². The van der Waals surface area contributed by atoms with Crippen LogP contribution in [0.5, 0.6) is 5.75 Å². The van der Waals surface area contributed by atoms with Crippen molar-refractivity contribution < 1.29 is 4.74 Å². The predicted molar refractivity (Wildman–Crippen MR) is 70.5 cm³/mol. The molecule has 1 aromatic heterocycles. The molecule has 15 heavy (non-hydrogen) atoms. The minimum Gasteiger partial charge on any atom is -0.488 e. The average molecular weight is 348 g/mol. The van der Waals surface area contributed by atoms with Gasteiger partial charge in [-0.2, -0.15) is 0 Å². The van der Waals surface area contributed by atoms with Gasteiger partial charge in [0.25, 0.3) is 0 Å². The van der Waals surface area contributed by atoms with E-state index in [0.29, 0.717) is 6.61 Å². The largest absolute Gasteiger partial charge is 0.488 e. The highest BCUT2D eigenvalue weighted by Crippen LogP contribution is 2.23. The first-order valence-electron chi connectivity index (χ1n) is 4.35. The average Bonchev–Trinajstić information content (AvgIpc) is 2.62. The minimum atomic E-state index is 0.618. The van der Waals surface area contributed by atoms with Crippen molar-refractivity contribution in [3.8, 4) is 5.75 Å². The van der Waals surface area contributed by atoms with Crippen molar-refractivity contribution in [2.75, 3.05) is 0 Å². The van der Waals surface area contributed by atoms with Crippen molar-refractivity contribution in [2.24, 2.45) is 0 Å². The van der Waals surface area contributed by atoms with Crippen LogP contribution in [0.4, 0.5) is 0 Å². The van der Waals surface area contributed by atoms with Gasteiger partial charge in [-0.15, -0.1) is 11.3 Å². The molecule has 0 unspecified atom stereocenters. The highest BCUT2D eigenvalue weighted by atomic mass is 79.9. The minimum absolute atomic E-state index is 0.618. The molecule has 0 N–H and O–H groups in total. The summed E-state index contributed by atoms with van der Waals surface area (Å²) in [5.74, 6) is 0.883. The molecule has 0 bridgehead atoms. The number of rotatable bonds is 3. The highest BCUT2D eigenvalue weighted by Gasteiger charge is 1.99. The fourth-order valence-corrected chi connectivity index (χ4v) is 2.88. The van der Waals surface area contributed by atoms with Crippen LogP contribution >= 0.6 is 43.2 Å². The van der Waals surface area contributed by atoms with Gasteiger partial charge in [0, 0.05) is 19.2 Å². The van der Waals surface area contributed by atoms with Gasteiger partial charge in [0.05, 0.1) is 0 Å². The molecule has 0 aliphatic heterocycles. The lowest BCUT2D eigenvalue weighted by atomic mass is 10.3. The zero-order valence-corrected chi connectivity index (χ0v) is 11.7. The van der Waals surface area contributed by atoms with E-state index in [0.717, 1.165) is 14.7 Å². The summed E-state index contributed by atoms with van der Waals surface area (Å²) in [7, 11) is 0. The molecule has 1 heterocycles. The van der Waals surface area contributed by atoms with E-state index in [1.54, 1.807) is 11.3 Å². The quantitative estimate of drug-likeness (QED) is 0.771. The summed E-state index contributed by atoms with van der Waals surface area (Å²) in [5.41, 5.74) is 0. The summed E-state index contributed by atoms with van der Waals surface area (Å²) in [6, 6.07) is 9.93. The molecule has 1 nitrogen and oxygen atoms in total. The van der Waals surface area contributed by atoms with Crippen LogP contribution in [0.25, 0.3) is 0 Å². The second-order valence-corrected chi connectivity index (χ2v) is 5.80. The summed E-state index contributed by atoms with van der Waals surface area (Å²) in [6.45, 7) is 0.618. The number of benzene rings is 1. The summed E-state index contributed by atoms with van der Waals surface area (Å²) < 4.78 is 7.79. The van der Waals surface area contributed by atoms with Crippen LogP contribution in [-0.4, -0.2) is 0 Å². The Labute approximate surface area is 109 Å². The van der Waals surface area contributed by atoms with E-state index < -0.39 is 0 Å². The zero-order valence-electron chi connectivity index (χ0n) is 7.74. The lowest BCUT2D eigenvalue weighted by Gasteiger charge is -2.04. The number of ether oxygens (including phenoxy) is 1. The molecule has 0 atom stereocenters. The standard InChI is InChI=1S/C11H8Br2OS/c12-8-2-1-3-10(4-8)14-6-11-5-9(13)7-15-11/h1-5,7H,6H2. The van der Waals surface area contributed by atoms with Crippen LogP contribution in [0, 0.1) is 0 Å². The van der Waals surface area contributed by atoms with Gasteiger partial charge in [0.1, 0.15) is 12.4 Å². The van der Waals surface area contributed by atoms with E-state index in [-0.39, 0.29) is 0 Å². The van der Waals surface area contributed by atoms with Crippen LogP contribution in [0.1, 0.15) is 4.88 Å². The van der Waals surface area contributed by atoms with Crippen LogP contribution in [-0.2, 0) is 6.61 Å². The van der Waals surface area contributed by atoms with Crippen molar-refractivity contribution in [1.82, 2.24) is 0 Å². The first-order valence-corrected chi connectivity index (χ1v) is 6.82. The van der Waals surface area contributed by atoms with Crippen molar-refractivity contribution in [2.45, 2.75) is 6.61 Å². The van der Waals surface area contributed by atoms with E-state index in [1.807, 2.05) is 24.3 Å². The van der Waals surface area contributed by atoms with Crippen molar-refractivity contribution in [1.29, 1.82) is 0 Å². The Morgan fingerprint density at radius 2 is 2.00 bits per heavy atom. The SMILES string of the molecule is Brc1cccc(OCc2cc(Br)cs2)c1. The lowest BCUT2D eigenvalue weighted by Crippen LogP contribution is -1.92. The highest BCUT2D eigenvalue weighted by molar-refractivity contribution is 9.10. The van der Waals surface area contributed by atoms with Gasteiger partial charge < -0.3 is 4.74 Å². The van der Waals surface area contributed by atoms with Crippen LogP contribution in [0.2, 0.25) is 0 Å². The van der Waals surface area contributed by atoms with E-state index in [9.17, 15) is 0 Å². The number of halogens is 2. The van der Waals surface area contributed by atoms with E-state index in [2.05, 4.69) is 43.3 Å². The van der Waals surface area contributed by atoms with Gasteiger partial charge in [0.15, 0.2) is 0 Å². The number of hydrogen-bond donors (Lipinski definition) is 0. The maximum Gasteiger partial charge on any atom is 0.122 e. The van der Waals surface area contributed by atoms with Crippen LogP contribution < -0.4 is 4.74 Å². The maximum absolute atomic E-state index is 5.65. The Morgan fingerprint density at radius 1 is 1.13 bits per heavy atom. The van der Waals surface area contributed by atoms with E-state index in [1.165, 1.54) is 4.88 Å². The topological polar surface area (TPSA) is 9.23 Å². The van der Waals surface area contributed by atoms with Crippen LogP contribution in [0.15, 0.2) is 44.7 Å². The molecule has 4 heteroatoms. The third-order valence-electron chi connectivity index (χ3n) is 1.80. The molecule has 0 aliphatic carbocycles. The summed E-state index contributed by atoms with van der Waals surface area (Å²) in [5, 5.41) is 2.06. The molecule has 0 radical (unpaired) electrons. The van der Waals surface area contributed by atoms with E-state index >= 15 is 0 Å². The summed E-state index contributed by atoms with van der Waals surface area (Å²) in [6.07, 6.45) is 0. The fourth-order valence-electron chi connectivity index (χ4n) is 1.14. The molecular weight excluding hydrogens is 340 g/mol. The molecule has 2 rings (SSSR count). The Bertz CT molecular complexity index is 453. The van der Waals surface area contributed by atoms with Gasteiger partial charge in [-0.3, -0.25) is 0 Å².